The van der Waals surface area contributed by atoms with Gasteiger partial charge in [-0.1, -0.05) is 0 Å². The van der Waals surface area contributed by atoms with E-state index in [1.807, 2.05) is 0 Å². The Balaban J connectivity index is 2.27. The number of hydrogen-bond acceptors (Lipinski definition) is 4. The number of ether oxygens (including phenoxy) is 1. The fourth-order valence-corrected chi connectivity index (χ4v) is 1.51. The molecule has 1 aliphatic rings. The van der Waals surface area contributed by atoms with Gasteiger partial charge in [-0.3, -0.25) is 14.9 Å². The summed E-state index contributed by atoms with van der Waals surface area (Å²) in [5, 5.41) is 5.73. The molecule has 2 amide bonds. The Kier molecular flexibility index (Phi) is 4.89. The highest BCUT2D eigenvalue weighted by Gasteiger charge is 2.25. The van der Waals surface area contributed by atoms with E-state index in [0.29, 0.717) is 13.2 Å². The van der Waals surface area contributed by atoms with Crippen LogP contribution in [0.1, 0.15) is 26.7 Å². The predicted octanol–water partition coefficient (Wildman–Crippen LogP) is -0.865. The van der Waals surface area contributed by atoms with Crippen molar-refractivity contribution in [3.8, 4) is 0 Å². The minimum Gasteiger partial charge on any atom is -0.381 e. The first kappa shape index (κ1) is 13.9. The van der Waals surface area contributed by atoms with Gasteiger partial charge in [-0.2, -0.15) is 0 Å². The monoisotopic (exact) mass is 243 g/mol. The quantitative estimate of drug-likeness (QED) is 0.585. The van der Waals surface area contributed by atoms with Gasteiger partial charge in [-0.25, -0.2) is 0 Å². The number of carbonyl (C=O) groups is 2. The van der Waals surface area contributed by atoms with Gasteiger partial charge in [0.2, 0.25) is 11.8 Å². The number of hydrogen-bond donors (Lipinski definition) is 3. The van der Waals surface area contributed by atoms with Gasteiger partial charge in [0, 0.05) is 19.3 Å². The molecule has 0 spiro atoms. The summed E-state index contributed by atoms with van der Waals surface area (Å²) in [6, 6.07) is 0.176. The zero-order valence-corrected chi connectivity index (χ0v) is 10.4. The largest absolute Gasteiger partial charge is 0.381 e. The van der Waals surface area contributed by atoms with E-state index in [0.717, 1.165) is 12.8 Å². The highest BCUT2D eigenvalue weighted by atomic mass is 16.5. The van der Waals surface area contributed by atoms with Crippen molar-refractivity contribution >= 4 is 11.8 Å². The number of carbonyl (C=O) groups excluding carboxylic acids is 2. The molecule has 1 saturated heterocycles. The predicted molar refractivity (Wildman–Crippen MR) is 63.3 cm³/mol. The van der Waals surface area contributed by atoms with Crippen LogP contribution in [-0.2, 0) is 14.3 Å². The number of primary amides is 1. The summed E-state index contributed by atoms with van der Waals surface area (Å²) < 4.78 is 5.20. The molecule has 6 heteroatoms. The van der Waals surface area contributed by atoms with Crippen LogP contribution in [0.4, 0.5) is 0 Å². The molecular formula is C11H21N3O3. The second kappa shape index (κ2) is 5.97. The van der Waals surface area contributed by atoms with Crippen LogP contribution >= 0.6 is 0 Å². The molecule has 0 aromatic carbocycles. The van der Waals surface area contributed by atoms with Crippen LogP contribution in [0.2, 0.25) is 0 Å². The lowest BCUT2D eigenvalue weighted by molar-refractivity contribution is -0.124. The highest BCUT2D eigenvalue weighted by Crippen LogP contribution is 2.06. The molecular weight excluding hydrogens is 222 g/mol. The van der Waals surface area contributed by atoms with Crippen LogP contribution in [0.25, 0.3) is 0 Å². The maximum atomic E-state index is 11.6. The van der Waals surface area contributed by atoms with Crippen LogP contribution in [0.5, 0.6) is 0 Å². The lowest BCUT2D eigenvalue weighted by Crippen LogP contribution is -2.54. The van der Waals surface area contributed by atoms with Crippen molar-refractivity contribution in [1.29, 1.82) is 0 Å². The van der Waals surface area contributed by atoms with Gasteiger partial charge in [-0.05, 0) is 26.7 Å². The summed E-state index contributed by atoms with van der Waals surface area (Å²) in [5.41, 5.74) is 4.32. The first-order chi connectivity index (χ1) is 7.92. The minimum absolute atomic E-state index is 0.0906. The average Bonchev–Trinajstić information content (AvgIpc) is 2.28. The summed E-state index contributed by atoms with van der Waals surface area (Å²) in [4.78, 5) is 22.6. The Morgan fingerprint density at radius 3 is 2.47 bits per heavy atom. The van der Waals surface area contributed by atoms with Gasteiger partial charge < -0.3 is 15.8 Å². The summed E-state index contributed by atoms with van der Waals surface area (Å²) in [6.45, 7) is 4.76. The van der Waals surface area contributed by atoms with Crippen LogP contribution in [-0.4, -0.2) is 43.2 Å². The van der Waals surface area contributed by atoms with Crippen molar-refractivity contribution in [3.63, 3.8) is 0 Å². The maximum absolute atomic E-state index is 11.6. The molecule has 0 radical (unpaired) electrons. The van der Waals surface area contributed by atoms with E-state index in [2.05, 4.69) is 10.6 Å². The van der Waals surface area contributed by atoms with Crippen molar-refractivity contribution in [1.82, 2.24) is 10.6 Å². The molecule has 6 nitrogen and oxygen atoms in total. The van der Waals surface area contributed by atoms with Crippen molar-refractivity contribution in [2.24, 2.45) is 5.73 Å². The molecule has 4 N–H and O–H groups in total. The van der Waals surface area contributed by atoms with Crippen LogP contribution in [0.15, 0.2) is 0 Å². The SMILES string of the molecule is CC(C)(NCC(=O)NC1CCOCC1)C(N)=O. The molecule has 17 heavy (non-hydrogen) atoms. The van der Waals surface area contributed by atoms with Gasteiger partial charge in [0.25, 0.3) is 0 Å². The van der Waals surface area contributed by atoms with Crippen molar-refractivity contribution in [2.45, 2.75) is 38.3 Å². The summed E-state index contributed by atoms with van der Waals surface area (Å²) in [7, 11) is 0. The molecule has 1 heterocycles. The Labute approximate surface area is 101 Å². The van der Waals surface area contributed by atoms with Crippen LogP contribution in [0.3, 0.4) is 0 Å². The summed E-state index contributed by atoms with van der Waals surface area (Å²) >= 11 is 0. The highest BCUT2D eigenvalue weighted by molar-refractivity contribution is 5.85. The van der Waals surface area contributed by atoms with Crippen LogP contribution < -0.4 is 16.4 Å². The fraction of sp³-hybridized carbons (Fsp3) is 0.818. The summed E-state index contributed by atoms with van der Waals surface area (Å²) in [6.07, 6.45) is 1.68. The fourth-order valence-electron chi connectivity index (χ4n) is 1.51. The van der Waals surface area contributed by atoms with E-state index in [1.54, 1.807) is 13.8 Å². The van der Waals surface area contributed by atoms with Gasteiger partial charge in [-0.15, -0.1) is 0 Å². The zero-order chi connectivity index (χ0) is 12.9. The van der Waals surface area contributed by atoms with Gasteiger partial charge in [0.05, 0.1) is 12.1 Å². The lowest BCUT2D eigenvalue weighted by Gasteiger charge is -2.25. The van der Waals surface area contributed by atoms with E-state index >= 15 is 0 Å². The standard InChI is InChI=1S/C11H21N3O3/c1-11(2,10(12)16)13-7-9(15)14-8-3-5-17-6-4-8/h8,13H,3-7H2,1-2H3,(H2,12,16)(H,14,15). The third-order valence-corrected chi connectivity index (χ3v) is 2.89. The number of nitrogens with one attached hydrogen (secondary N) is 2. The molecule has 0 atom stereocenters. The third-order valence-electron chi connectivity index (χ3n) is 2.89. The molecule has 0 unspecified atom stereocenters. The molecule has 0 aliphatic carbocycles. The van der Waals surface area contributed by atoms with E-state index in [4.69, 9.17) is 10.5 Å². The van der Waals surface area contributed by atoms with E-state index in [1.165, 1.54) is 0 Å². The average molecular weight is 243 g/mol. The molecule has 0 saturated carbocycles. The minimum atomic E-state index is -0.868. The van der Waals surface area contributed by atoms with E-state index < -0.39 is 11.4 Å². The Morgan fingerprint density at radius 1 is 1.35 bits per heavy atom. The van der Waals surface area contributed by atoms with E-state index in [9.17, 15) is 9.59 Å². The molecule has 98 valence electrons. The number of nitrogens with two attached hydrogens (primary N) is 1. The molecule has 0 bridgehead atoms. The van der Waals surface area contributed by atoms with Crippen molar-refractivity contribution < 1.29 is 14.3 Å². The molecule has 0 aromatic heterocycles. The smallest absolute Gasteiger partial charge is 0.237 e. The van der Waals surface area contributed by atoms with Gasteiger partial charge in [0.15, 0.2) is 0 Å². The molecule has 1 rings (SSSR count). The first-order valence-electron chi connectivity index (χ1n) is 5.84. The number of rotatable bonds is 5. The second-order valence-corrected chi connectivity index (χ2v) is 4.80. The molecule has 1 fully saturated rings. The Morgan fingerprint density at radius 2 is 1.94 bits per heavy atom. The Hall–Kier alpha value is -1.14. The molecule has 0 aromatic rings. The first-order valence-corrected chi connectivity index (χ1v) is 5.84. The maximum Gasteiger partial charge on any atom is 0.237 e. The number of amides is 2. The van der Waals surface area contributed by atoms with Gasteiger partial charge >= 0.3 is 0 Å². The lowest BCUT2D eigenvalue weighted by atomic mass is 10.1. The second-order valence-electron chi connectivity index (χ2n) is 4.80. The third kappa shape index (κ3) is 4.70. The van der Waals surface area contributed by atoms with Crippen molar-refractivity contribution in [2.75, 3.05) is 19.8 Å². The molecule has 1 aliphatic heterocycles. The topological polar surface area (TPSA) is 93.4 Å². The van der Waals surface area contributed by atoms with Gasteiger partial charge in [0.1, 0.15) is 0 Å². The van der Waals surface area contributed by atoms with E-state index in [-0.39, 0.29) is 18.5 Å². The van der Waals surface area contributed by atoms with Crippen LogP contribution in [0, 0.1) is 0 Å². The van der Waals surface area contributed by atoms with Crippen molar-refractivity contribution in [3.05, 3.63) is 0 Å². The zero-order valence-electron chi connectivity index (χ0n) is 10.4. The normalized spacial score (nSPS) is 17.8. The Bertz CT molecular complexity index is 286. The summed E-state index contributed by atoms with van der Waals surface area (Å²) in [5.74, 6) is -0.595.